The van der Waals surface area contributed by atoms with Crippen LogP contribution in [0, 0.1) is 5.92 Å². The van der Waals surface area contributed by atoms with Crippen molar-refractivity contribution in [3.8, 4) is 0 Å². The number of aliphatic hydroxyl groups excluding tert-OH is 1. The molecule has 0 aromatic heterocycles. The highest BCUT2D eigenvalue weighted by Gasteiger charge is 2.21. The molecule has 1 amide bonds. The van der Waals surface area contributed by atoms with Crippen LogP contribution in [0.4, 0.5) is 0 Å². The fourth-order valence-electron chi connectivity index (χ4n) is 1.53. The van der Waals surface area contributed by atoms with Crippen molar-refractivity contribution in [1.29, 1.82) is 0 Å². The van der Waals surface area contributed by atoms with E-state index < -0.39 is 0 Å². The van der Waals surface area contributed by atoms with E-state index >= 15 is 0 Å². The fraction of sp³-hybridized carbons (Fsp3) is 0.900. The molecule has 1 fully saturated rings. The number of nitrogens with one attached hydrogen (secondary N) is 1. The Morgan fingerprint density at radius 3 is 2.86 bits per heavy atom. The lowest BCUT2D eigenvalue weighted by Gasteiger charge is -2.15. The van der Waals surface area contributed by atoms with Gasteiger partial charge in [0.1, 0.15) is 0 Å². The standard InChI is InChI=1S/C10H20N2O2/c1-8(2)5-11-10(14)7-12-4-3-9(13)6-12/h8-9,13H,3-7H2,1-2H3,(H,11,14). The summed E-state index contributed by atoms with van der Waals surface area (Å²) in [6.07, 6.45) is 0.546. The third-order valence-corrected chi connectivity index (χ3v) is 2.32. The van der Waals surface area contributed by atoms with Gasteiger partial charge in [0.2, 0.25) is 5.91 Å². The molecule has 0 aliphatic carbocycles. The summed E-state index contributed by atoms with van der Waals surface area (Å²) in [5.74, 6) is 0.552. The van der Waals surface area contributed by atoms with Gasteiger partial charge < -0.3 is 10.4 Å². The number of rotatable bonds is 4. The van der Waals surface area contributed by atoms with Crippen LogP contribution in [0.1, 0.15) is 20.3 Å². The monoisotopic (exact) mass is 200 g/mol. The summed E-state index contributed by atoms with van der Waals surface area (Å²) in [6, 6.07) is 0. The maximum Gasteiger partial charge on any atom is 0.234 e. The molecule has 1 heterocycles. The highest BCUT2D eigenvalue weighted by atomic mass is 16.3. The van der Waals surface area contributed by atoms with Crippen molar-refractivity contribution in [1.82, 2.24) is 10.2 Å². The lowest BCUT2D eigenvalue weighted by atomic mass is 10.2. The molecule has 1 atom stereocenters. The van der Waals surface area contributed by atoms with E-state index in [-0.39, 0.29) is 12.0 Å². The van der Waals surface area contributed by atoms with Gasteiger partial charge >= 0.3 is 0 Å². The van der Waals surface area contributed by atoms with Gasteiger partial charge in [-0.3, -0.25) is 9.69 Å². The van der Waals surface area contributed by atoms with Crippen LogP contribution in [0.25, 0.3) is 0 Å². The van der Waals surface area contributed by atoms with Gasteiger partial charge in [0.05, 0.1) is 12.6 Å². The third-order valence-electron chi connectivity index (χ3n) is 2.32. The average Bonchev–Trinajstić information content (AvgIpc) is 2.48. The van der Waals surface area contributed by atoms with Crippen molar-refractivity contribution in [3.05, 3.63) is 0 Å². The molecule has 0 saturated carbocycles. The van der Waals surface area contributed by atoms with Crippen LogP contribution in [0.5, 0.6) is 0 Å². The summed E-state index contributed by atoms with van der Waals surface area (Å²) in [4.78, 5) is 13.4. The Balaban J connectivity index is 2.14. The molecule has 0 bridgehead atoms. The maximum absolute atomic E-state index is 11.4. The molecule has 0 spiro atoms. The van der Waals surface area contributed by atoms with Crippen molar-refractivity contribution in [2.24, 2.45) is 5.92 Å². The third kappa shape index (κ3) is 4.07. The Morgan fingerprint density at radius 1 is 1.64 bits per heavy atom. The molecule has 1 saturated heterocycles. The average molecular weight is 200 g/mol. The van der Waals surface area contributed by atoms with Crippen molar-refractivity contribution < 1.29 is 9.90 Å². The zero-order valence-corrected chi connectivity index (χ0v) is 8.99. The molecule has 0 aromatic carbocycles. The Morgan fingerprint density at radius 2 is 2.36 bits per heavy atom. The predicted octanol–water partition coefficient (Wildman–Crippen LogP) is -0.175. The lowest BCUT2D eigenvalue weighted by Crippen LogP contribution is -2.37. The molecule has 14 heavy (non-hydrogen) atoms. The summed E-state index contributed by atoms with van der Waals surface area (Å²) in [5, 5.41) is 12.1. The number of β-amino-alcohol motifs (C(OH)–C–C–N with tert-alkyl or cyclic N) is 1. The minimum absolute atomic E-state index is 0.0628. The number of likely N-dealkylation sites (tertiary alicyclic amines) is 1. The van der Waals surface area contributed by atoms with Gasteiger partial charge in [0, 0.05) is 19.6 Å². The van der Waals surface area contributed by atoms with E-state index in [9.17, 15) is 9.90 Å². The SMILES string of the molecule is CC(C)CNC(=O)CN1CCC(O)C1. The Kier molecular flexibility index (Phi) is 4.35. The molecule has 2 N–H and O–H groups in total. The van der Waals surface area contributed by atoms with Gasteiger partial charge in [-0.25, -0.2) is 0 Å². The number of amides is 1. The molecule has 1 rings (SSSR count). The summed E-state index contributed by atoms with van der Waals surface area (Å²) in [5.41, 5.74) is 0. The summed E-state index contributed by atoms with van der Waals surface area (Å²) in [7, 11) is 0. The van der Waals surface area contributed by atoms with Gasteiger partial charge in [-0.05, 0) is 12.3 Å². The van der Waals surface area contributed by atoms with Crippen molar-refractivity contribution in [2.45, 2.75) is 26.4 Å². The maximum atomic E-state index is 11.4. The zero-order chi connectivity index (χ0) is 10.6. The highest BCUT2D eigenvalue weighted by molar-refractivity contribution is 5.78. The number of carbonyl (C=O) groups is 1. The second kappa shape index (κ2) is 5.32. The molecule has 82 valence electrons. The van der Waals surface area contributed by atoms with E-state index in [1.807, 2.05) is 4.90 Å². The van der Waals surface area contributed by atoms with Crippen molar-refractivity contribution in [2.75, 3.05) is 26.2 Å². The first-order valence-electron chi connectivity index (χ1n) is 5.25. The normalized spacial score (nSPS) is 23.0. The van der Waals surface area contributed by atoms with Crippen LogP contribution in [-0.4, -0.2) is 48.2 Å². The molecule has 0 aromatic rings. The second-order valence-corrected chi connectivity index (χ2v) is 4.38. The minimum atomic E-state index is -0.243. The van der Waals surface area contributed by atoms with E-state index in [0.717, 1.165) is 19.5 Å². The summed E-state index contributed by atoms with van der Waals surface area (Å²) in [6.45, 7) is 6.75. The first kappa shape index (κ1) is 11.5. The van der Waals surface area contributed by atoms with E-state index in [1.54, 1.807) is 0 Å². The van der Waals surface area contributed by atoms with Gasteiger partial charge in [-0.1, -0.05) is 13.8 Å². The lowest BCUT2D eigenvalue weighted by molar-refractivity contribution is -0.122. The molecular weight excluding hydrogens is 180 g/mol. The quantitative estimate of drug-likeness (QED) is 0.662. The van der Waals surface area contributed by atoms with Crippen LogP contribution < -0.4 is 5.32 Å². The highest BCUT2D eigenvalue weighted by Crippen LogP contribution is 2.07. The molecular formula is C10H20N2O2. The molecule has 1 aliphatic heterocycles. The molecule has 4 heteroatoms. The number of aliphatic hydroxyl groups is 1. The molecule has 1 aliphatic rings. The van der Waals surface area contributed by atoms with Crippen LogP contribution in [0.15, 0.2) is 0 Å². The van der Waals surface area contributed by atoms with Crippen LogP contribution in [0.3, 0.4) is 0 Å². The number of hydrogen-bond donors (Lipinski definition) is 2. The number of carbonyl (C=O) groups excluding carboxylic acids is 1. The molecule has 0 radical (unpaired) electrons. The fourth-order valence-corrected chi connectivity index (χ4v) is 1.53. The largest absolute Gasteiger partial charge is 0.392 e. The van der Waals surface area contributed by atoms with Crippen LogP contribution in [0.2, 0.25) is 0 Å². The van der Waals surface area contributed by atoms with Gasteiger partial charge in [0.15, 0.2) is 0 Å². The van der Waals surface area contributed by atoms with Gasteiger partial charge in [-0.15, -0.1) is 0 Å². The smallest absolute Gasteiger partial charge is 0.234 e. The Hall–Kier alpha value is -0.610. The minimum Gasteiger partial charge on any atom is -0.392 e. The first-order chi connectivity index (χ1) is 6.58. The van der Waals surface area contributed by atoms with Gasteiger partial charge in [-0.2, -0.15) is 0 Å². The summed E-state index contributed by atoms with van der Waals surface area (Å²) < 4.78 is 0. The summed E-state index contributed by atoms with van der Waals surface area (Å²) >= 11 is 0. The van der Waals surface area contributed by atoms with Crippen molar-refractivity contribution in [3.63, 3.8) is 0 Å². The molecule has 1 unspecified atom stereocenters. The van der Waals surface area contributed by atoms with Crippen LogP contribution >= 0.6 is 0 Å². The second-order valence-electron chi connectivity index (χ2n) is 4.38. The molecule has 4 nitrogen and oxygen atoms in total. The van der Waals surface area contributed by atoms with Crippen LogP contribution in [-0.2, 0) is 4.79 Å². The number of hydrogen-bond acceptors (Lipinski definition) is 3. The van der Waals surface area contributed by atoms with E-state index in [1.165, 1.54) is 0 Å². The first-order valence-corrected chi connectivity index (χ1v) is 5.25. The van der Waals surface area contributed by atoms with E-state index in [4.69, 9.17) is 0 Å². The van der Waals surface area contributed by atoms with E-state index in [0.29, 0.717) is 19.0 Å². The Labute approximate surface area is 85.3 Å². The number of nitrogens with zero attached hydrogens (tertiary/aromatic N) is 1. The van der Waals surface area contributed by atoms with Crippen molar-refractivity contribution >= 4 is 5.91 Å². The Bertz CT molecular complexity index is 195. The topological polar surface area (TPSA) is 52.6 Å². The van der Waals surface area contributed by atoms with Gasteiger partial charge in [0.25, 0.3) is 0 Å². The van der Waals surface area contributed by atoms with E-state index in [2.05, 4.69) is 19.2 Å². The predicted molar refractivity (Wildman–Crippen MR) is 54.9 cm³/mol. The zero-order valence-electron chi connectivity index (χ0n) is 8.99.